The Morgan fingerprint density at radius 2 is 1.79 bits per heavy atom. The van der Waals surface area contributed by atoms with Gasteiger partial charge in [0.25, 0.3) is 0 Å². The molecule has 0 radical (unpaired) electrons. The van der Waals surface area contributed by atoms with Gasteiger partial charge in [-0.25, -0.2) is 17.8 Å². The summed E-state index contributed by atoms with van der Waals surface area (Å²) in [5.41, 5.74) is 1.35. The highest BCUT2D eigenvalue weighted by atomic mass is 32.2. The number of hydrogen-bond donors (Lipinski definition) is 0. The highest BCUT2D eigenvalue weighted by Gasteiger charge is 2.23. The van der Waals surface area contributed by atoms with Crippen molar-refractivity contribution in [3.63, 3.8) is 0 Å². The quantitative estimate of drug-likeness (QED) is 0.567. The smallest absolute Gasteiger partial charge is 0.237 e. The lowest BCUT2D eigenvalue weighted by atomic mass is 10.2. The molecule has 0 aliphatic heterocycles. The Balaban J connectivity index is 1.64. The van der Waals surface area contributed by atoms with Gasteiger partial charge in [0.05, 0.1) is 0 Å². The van der Waals surface area contributed by atoms with Crippen LogP contribution in [-0.4, -0.2) is 41.6 Å². The number of sulfone groups is 1. The second-order valence-electron chi connectivity index (χ2n) is 6.83. The molecule has 0 saturated carbocycles. The van der Waals surface area contributed by atoms with E-state index in [9.17, 15) is 17.6 Å². The first-order valence-electron chi connectivity index (χ1n) is 9.06. The van der Waals surface area contributed by atoms with Gasteiger partial charge in [0.1, 0.15) is 23.1 Å². The number of carbonyl (C=O) groups excluding carboxylic acids is 1. The molecule has 6 nitrogen and oxygen atoms in total. The fraction of sp³-hybridized carbons (Fsp3) is 0.238. The van der Waals surface area contributed by atoms with Crippen molar-refractivity contribution in [2.45, 2.75) is 18.8 Å². The first-order valence-corrected chi connectivity index (χ1v) is 10.9. The van der Waals surface area contributed by atoms with E-state index in [-0.39, 0.29) is 12.3 Å². The molecule has 2 aromatic carbocycles. The van der Waals surface area contributed by atoms with Crippen LogP contribution in [0.25, 0.3) is 0 Å². The van der Waals surface area contributed by atoms with Crippen LogP contribution in [0.4, 0.5) is 4.39 Å². The zero-order chi connectivity index (χ0) is 20.9. The predicted molar refractivity (Wildman–Crippen MR) is 108 cm³/mol. The molecular formula is C21H22FN3O3S. The summed E-state index contributed by atoms with van der Waals surface area (Å²) in [6.07, 6.45) is 3.25. The van der Waals surface area contributed by atoms with Gasteiger partial charge in [0.15, 0.2) is 9.84 Å². The lowest BCUT2D eigenvalue weighted by Crippen LogP contribution is -2.33. The SMILES string of the molecule is CN(Cc1ccccc1F)C(=O)CS(=O)(=O)Cc1nccn1Cc1ccccc1. The minimum atomic E-state index is -3.73. The van der Waals surface area contributed by atoms with E-state index in [4.69, 9.17) is 0 Å². The van der Waals surface area contributed by atoms with Crippen molar-refractivity contribution < 1.29 is 17.6 Å². The van der Waals surface area contributed by atoms with Crippen LogP contribution in [0.5, 0.6) is 0 Å². The van der Waals surface area contributed by atoms with E-state index in [0.29, 0.717) is 17.9 Å². The number of hydrogen-bond acceptors (Lipinski definition) is 4. The number of benzene rings is 2. The van der Waals surface area contributed by atoms with Crippen molar-refractivity contribution >= 4 is 15.7 Å². The maximum atomic E-state index is 13.8. The van der Waals surface area contributed by atoms with Crippen LogP contribution >= 0.6 is 0 Å². The standard InChI is InChI=1S/C21H22FN3O3S/c1-24(14-18-9-5-6-10-19(18)22)21(26)16-29(27,28)15-20-23-11-12-25(20)13-17-7-3-2-4-8-17/h2-12H,13-16H2,1H3. The molecule has 0 spiro atoms. The normalized spacial score (nSPS) is 11.4. The Labute approximate surface area is 169 Å². The van der Waals surface area contributed by atoms with Crippen LogP contribution in [0, 0.1) is 5.82 Å². The van der Waals surface area contributed by atoms with Crippen molar-refractivity contribution in [3.8, 4) is 0 Å². The van der Waals surface area contributed by atoms with Gasteiger partial charge in [-0.2, -0.15) is 0 Å². The molecular weight excluding hydrogens is 393 g/mol. The summed E-state index contributed by atoms with van der Waals surface area (Å²) < 4.78 is 40.6. The maximum Gasteiger partial charge on any atom is 0.237 e. The van der Waals surface area contributed by atoms with Crippen LogP contribution in [0.15, 0.2) is 67.0 Å². The molecule has 1 heterocycles. The predicted octanol–water partition coefficient (Wildman–Crippen LogP) is 2.64. The average molecular weight is 415 g/mol. The molecule has 0 bridgehead atoms. The van der Waals surface area contributed by atoms with E-state index in [1.54, 1.807) is 35.2 Å². The zero-order valence-electron chi connectivity index (χ0n) is 16.0. The molecule has 0 atom stereocenters. The molecule has 0 aliphatic carbocycles. The summed E-state index contributed by atoms with van der Waals surface area (Å²) in [7, 11) is -2.28. The molecule has 3 rings (SSSR count). The summed E-state index contributed by atoms with van der Waals surface area (Å²) in [4.78, 5) is 17.7. The molecule has 3 aromatic rings. The monoisotopic (exact) mass is 415 g/mol. The fourth-order valence-electron chi connectivity index (χ4n) is 2.92. The van der Waals surface area contributed by atoms with Gasteiger partial charge in [-0.3, -0.25) is 4.79 Å². The van der Waals surface area contributed by atoms with Gasteiger partial charge in [-0.1, -0.05) is 48.5 Å². The van der Waals surface area contributed by atoms with E-state index in [1.165, 1.54) is 18.0 Å². The highest BCUT2D eigenvalue weighted by Crippen LogP contribution is 2.12. The van der Waals surface area contributed by atoms with E-state index in [1.807, 2.05) is 30.3 Å². The van der Waals surface area contributed by atoms with Crippen LogP contribution in [0.2, 0.25) is 0 Å². The number of carbonyl (C=O) groups is 1. The minimum absolute atomic E-state index is 0.00363. The Kier molecular flexibility index (Phi) is 6.43. The molecule has 0 N–H and O–H groups in total. The molecule has 0 fully saturated rings. The van der Waals surface area contributed by atoms with Crippen molar-refractivity contribution in [2.24, 2.45) is 0 Å². The highest BCUT2D eigenvalue weighted by molar-refractivity contribution is 7.91. The van der Waals surface area contributed by atoms with Crippen molar-refractivity contribution in [2.75, 3.05) is 12.8 Å². The van der Waals surface area contributed by atoms with E-state index in [0.717, 1.165) is 5.56 Å². The molecule has 29 heavy (non-hydrogen) atoms. The molecule has 0 unspecified atom stereocenters. The lowest BCUT2D eigenvalue weighted by Gasteiger charge is -2.18. The topological polar surface area (TPSA) is 72.3 Å². The summed E-state index contributed by atoms with van der Waals surface area (Å²) in [6.45, 7) is 0.497. The van der Waals surface area contributed by atoms with Gasteiger partial charge >= 0.3 is 0 Å². The molecule has 0 aliphatic rings. The molecule has 152 valence electrons. The first kappa shape index (κ1) is 20.7. The number of halogens is 1. The van der Waals surface area contributed by atoms with Gasteiger partial charge in [0, 0.05) is 38.1 Å². The minimum Gasteiger partial charge on any atom is -0.340 e. The first-order chi connectivity index (χ1) is 13.8. The van der Waals surface area contributed by atoms with E-state index >= 15 is 0 Å². The fourth-order valence-corrected chi connectivity index (χ4v) is 4.25. The van der Waals surface area contributed by atoms with Gasteiger partial charge in [-0.15, -0.1) is 0 Å². The summed E-state index contributed by atoms with van der Waals surface area (Å²) in [5.74, 6) is -1.65. The van der Waals surface area contributed by atoms with Crippen LogP contribution in [-0.2, 0) is 33.5 Å². The van der Waals surface area contributed by atoms with Crippen LogP contribution in [0.3, 0.4) is 0 Å². The van der Waals surface area contributed by atoms with Crippen LogP contribution in [0.1, 0.15) is 17.0 Å². The number of rotatable bonds is 8. The second-order valence-corrected chi connectivity index (χ2v) is 8.89. The Morgan fingerprint density at radius 3 is 2.52 bits per heavy atom. The summed E-state index contributed by atoms with van der Waals surface area (Å²) in [5, 5.41) is 0. The zero-order valence-corrected chi connectivity index (χ0v) is 16.8. The van der Waals surface area contributed by atoms with Crippen molar-refractivity contribution in [1.82, 2.24) is 14.5 Å². The van der Waals surface area contributed by atoms with Crippen molar-refractivity contribution in [1.29, 1.82) is 0 Å². The van der Waals surface area contributed by atoms with Gasteiger partial charge < -0.3 is 9.47 Å². The Morgan fingerprint density at radius 1 is 1.10 bits per heavy atom. The van der Waals surface area contributed by atoms with E-state index < -0.39 is 27.3 Å². The maximum absolute atomic E-state index is 13.8. The summed E-state index contributed by atoms with van der Waals surface area (Å²) >= 11 is 0. The number of nitrogens with zero attached hydrogens (tertiary/aromatic N) is 3. The number of imidazole rings is 1. The van der Waals surface area contributed by atoms with E-state index in [2.05, 4.69) is 4.98 Å². The average Bonchev–Trinajstić information content (AvgIpc) is 3.09. The number of aromatic nitrogens is 2. The largest absolute Gasteiger partial charge is 0.340 e. The third-order valence-corrected chi connectivity index (χ3v) is 5.87. The van der Waals surface area contributed by atoms with Crippen LogP contribution < -0.4 is 0 Å². The Bertz CT molecular complexity index is 1080. The summed E-state index contributed by atoms with van der Waals surface area (Å²) in [6, 6.07) is 15.7. The third kappa shape index (κ3) is 5.74. The molecule has 1 aromatic heterocycles. The molecule has 0 saturated heterocycles. The Hall–Kier alpha value is -3.00. The number of amides is 1. The third-order valence-electron chi connectivity index (χ3n) is 4.48. The molecule has 8 heteroatoms. The second kappa shape index (κ2) is 9.00. The van der Waals surface area contributed by atoms with Crippen molar-refractivity contribution in [3.05, 3.63) is 89.8 Å². The van der Waals surface area contributed by atoms with Gasteiger partial charge in [0.2, 0.25) is 5.91 Å². The van der Waals surface area contributed by atoms with Gasteiger partial charge in [-0.05, 0) is 11.6 Å². The molecule has 1 amide bonds. The lowest BCUT2D eigenvalue weighted by molar-refractivity contribution is -0.127.